The van der Waals surface area contributed by atoms with Crippen molar-refractivity contribution in [3.63, 3.8) is 0 Å². The molecule has 1 aromatic rings. The van der Waals surface area contributed by atoms with E-state index in [1.165, 1.54) is 20.0 Å². The van der Waals surface area contributed by atoms with Crippen molar-refractivity contribution in [2.45, 2.75) is 51.5 Å². The first kappa shape index (κ1) is 15.3. The van der Waals surface area contributed by atoms with Crippen molar-refractivity contribution < 1.29 is 9.13 Å². The lowest BCUT2D eigenvalue weighted by Crippen LogP contribution is -2.42. The van der Waals surface area contributed by atoms with E-state index in [1.807, 2.05) is 12.1 Å². The average Bonchev–Trinajstić information content (AvgIpc) is 2.38. The van der Waals surface area contributed by atoms with Crippen molar-refractivity contribution in [1.82, 2.24) is 0 Å². The van der Waals surface area contributed by atoms with Gasteiger partial charge in [-0.3, -0.25) is 0 Å². The van der Waals surface area contributed by atoms with Crippen LogP contribution in [0.4, 0.5) is 4.39 Å². The smallest absolute Gasteiger partial charge is 0.170 e. The molecule has 1 saturated carbocycles. The summed E-state index contributed by atoms with van der Waals surface area (Å²) in [5.41, 5.74) is 6.65. The minimum Gasteiger partial charge on any atom is -0.494 e. The molecule has 112 valence electrons. The maximum atomic E-state index is 14.5. The molecule has 0 bridgehead atoms. The van der Waals surface area contributed by atoms with Gasteiger partial charge in [-0.1, -0.05) is 38.8 Å². The molecule has 1 fully saturated rings. The molecule has 20 heavy (non-hydrogen) atoms. The molecule has 0 radical (unpaired) electrons. The molecule has 0 saturated heterocycles. The van der Waals surface area contributed by atoms with Crippen LogP contribution in [-0.2, 0) is 5.54 Å². The van der Waals surface area contributed by atoms with E-state index in [0.29, 0.717) is 23.1 Å². The molecule has 0 amide bonds. The number of hydrogen-bond donors (Lipinski definition) is 1. The molecule has 0 spiro atoms. The third-order valence-corrected chi connectivity index (χ3v) is 4.41. The molecule has 1 aromatic carbocycles. The summed E-state index contributed by atoms with van der Waals surface area (Å²) in [7, 11) is 1.49. The van der Waals surface area contributed by atoms with Gasteiger partial charge in [-0.15, -0.1) is 0 Å². The molecular formula is C17H26FNO. The van der Waals surface area contributed by atoms with Crippen LogP contribution in [0.2, 0.25) is 0 Å². The predicted molar refractivity (Wildman–Crippen MR) is 80.2 cm³/mol. The van der Waals surface area contributed by atoms with Crippen molar-refractivity contribution in [1.29, 1.82) is 0 Å². The molecule has 0 aliphatic heterocycles. The van der Waals surface area contributed by atoms with Crippen LogP contribution in [0.25, 0.3) is 0 Å². The van der Waals surface area contributed by atoms with E-state index in [1.54, 1.807) is 6.07 Å². The standard InChI is InChI=1S/C17H26FNO/c1-12(2)10-13-6-5-9-17(19,11-13)14-7-4-8-15(20-3)16(14)18/h4,7-8,12-13H,5-6,9-11,19H2,1-3H3. The van der Waals surface area contributed by atoms with Crippen LogP contribution in [0.1, 0.15) is 51.5 Å². The van der Waals surface area contributed by atoms with E-state index in [2.05, 4.69) is 13.8 Å². The van der Waals surface area contributed by atoms with Crippen LogP contribution >= 0.6 is 0 Å². The number of ether oxygens (including phenoxy) is 1. The molecule has 1 aliphatic rings. The Morgan fingerprint density at radius 1 is 1.45 bits per heavy atom. The van der Waals surface area contributed by atoms with Crippen LogP contribution in [0.3, 0.4) is 0 Å². The summed E-state index contributed by atoms with van der Waals surface area (Å²) in [6.07, 6.45) is 5.18. The monoisotopic (exact) mass is 279 g/mol. The summed E-state index contributed by atoms with van der Waals surface area (Å²) in [5, 5.41) is 0. The summed E-state index contributed by atoms with van der Waals surface area (Å²) in [6, 6.07) is 5.30. The Hall–Kier alpha value is -1.09. The van der Waals surface area contributed by atoms with Gasteiger partial charge in [0.15, 0.2) is 11.6 Å². The molecule has 0 aromatic heterocycles. The minimum atomic E-state index is -0.545. The molecule has 2 rings (SSSR count). The van der Waals surface area contributed by atoms with Gasteiger partial charge in [0.1, 0.15) is 0 Å². The summed E-state index contributed by atoms with van der Waals surface area (Å²) >= 11 is 0. The first-order chi connectivity index (χ1) is 9.46. The van der Waals surface area contributed by atoms with Crippen LogP contribution in [-0.4, -0.2) is 7.11 Å². The highest BCUT2D eigenvalue weighted by molar-refractivity contribution is 5.36. The van der Waals surface area contributed by atoms with Gasteiger partial charge in [0.05, 0.1) is 7.11 Å². The van der Waals surface area contributed by atoms with Gasteiger partial charge in [0, 0.05) is 11.1 Å². The molecule has 3 heteroatoms. The largest absolute Gasteiger partial charge is 0.494 e. The summed E-state index contributed by atoms with van der Waals surface area (Å²) in [6.45, 7) is 4.47. The normalized spacial score (nSPS) is 26.8. The second-order valence-corrected chi connectivity index (χ2v) is 6.57. The number of rotatable bonds is 4. The van der Waals surface area contributed by atoms with Crippen LogP contribution < -0.4 is 10.5 Å². The number of methoxy groups -OCH3 is 1. The third kappa shape index (κ3) is 3.14. The fraction of sp³-hybridized carbons (Fsp3) is 0.647. The molecule has 1 aliphatic carbocycles. The van der Waals surface area contributed by atoms with Gasteiger partial charge >= 0.3 is 0 Å². The highest BCUT2D eigenvalue weighted by Gasteiger charge is 2.37. The Morgan fingerprint density at radius 2 is 2.20 bits per heavy atom. The summed E-state index contributed by atoms with van der Waals surface area (Å²) in [5.74, 6) is 1.26. The van der Waals surface area contributed by atoms with E-state index < -0.39 is 5.54 Å². The zero-order chi connectivity index (χ0) is 14.8. The van der Waals surface area contributed by atoms with Crippen LogP contribution in [0.5, 0.6) is 5.75 Å². The quantitative estimate of drug-likeness (QED) is 0.895. The van der Waals surface area contributed by atoms with Crippen LogP contribution in [0, 0.1) is 17.7 Å². The molecule has 2 unspecified atom stereocenters. The molecule has 2 N–H and O–H groups in total. The Labute approximate surface area is 121 Å². The van der Waals surface area contributed by atoms with E-state index in [0.717, 1.165) is 19.3 Å². The Bertz CT molecular complexity index is 460. The number of nitrogens with two attached hydrogens (primary N) is 1. The van der Waals surface area contributed by atoms with Gasteiger partial charge < -0.3 is 10.5 Å². The van der Waals surface area contributed by atoms with Gasteiger partial charge in [0.25, 0.3) is 0 Å². The third-order valence-electron chi connectivity index (χ3n) is 4.41. The number of benzene rings is 1. The van der Waals surface area contributed by atoms with Gasteiger partial charge in [-0.2, -0.15) is 0 Å². The highest BCUT2D eigenvalue weighted by atomic mass is 19.1. The van der Waals surface area contributed by atoms with Gasteiger partial charge in [-0.25, -0.2) is 4.39 Å². The lowest BCUT2D eigenvalue weighted by atomic mass is 9.70. The summed E-state index contributed by atoms with van der Waals surface area (Å²) in [4.78, 5) is 0. The van der Waals surface area contributed by atoms with E-state index in [-0.39, 0.29) is 5.82 Å². The van der Waals surface area contributed by atoms with Crippen LogP contribution in [0.15, 0.2) is 18.2 Å². The lowest BCUT2D eigenvalue weighted by Gasteiger charge is -2.39. The second kappa shape index (κ2) is 6.13. The zero-order valence-electron chi connectivity index (χ0n) is 12.8. The zero-order valence-corrected chi connectivity index (χ0v) is 12.8. The van der Waals surface area contributed by atoms with Crippen molar-refractivity contribution in [3.8, 4) is 5.75 Å². The SMILES string of the molecule is COc1cccc(C2(N)CCCC(CC(C)C)C2)c1F. The highest BCUT2D eigenvalue weighted by Crippen LogP contribution is 2.42. The van der Waals surface area contributed by atoms with E-state index >= 15 is 0 Å². The lowest BCUT2D eigenvalue weighted by molar-refractivity contribution is 0.197. The first-order valence-electron chi connectivity index (χ1n) is 7.58. The van der Waals surface area contributed by atoms with Crippen molar-refractivity contribution in [3.05, 3.63) is 29.6 Å². The van der Waals surface area contributed by atoms with Crippen molar-refractivity contribution >= 4 is 0 Å². The maximum Gasteiger partial charge on any atom is 0.170 e. The Kier molecular flexibility index (Phi) is 4.69. The first-order valence-corrected chi connectivity index (χ1v) is 7.58. The topological polar surface area (TPSA) is 35.2 Å². The van der Waals surface area contributed by atoms with E-state index in [9.17, 15) is 4.39 Å². The second-order valence-electron chi connectivity index (χ2n) is 6.57. The molecular weight excluding hydrogens is 253 g/mol. The number of halogens is 1. The average molecular weight is 279 g/mol. The van der Waals surface area contributed by atoms with Crippen molar-refractivity contribution in [2.75, 3.05) is 7.11 Å². The molecule has 2 nitrogen and oxygen atoms in total. The fourth-order valence-corrected chi connectivity index (χ4v) is 3.59. The maximum absolute atomic E-state index is 14.5. The van der Waals surface area contributed by atoms with Crippen molar-refractivity contribution in [2.24, 2.45) is 17.6 Å². The molecule has 2 atom stereocenters. The fourth-order valence-electron chi connectivity index (χ4n) is 3.59. The van der Waals surface area contributed by atoms with E-state index in [4.69, 9.17) is 10.5 Å². The number of hydrogen-bond acceptors (Lipinski definition) is 2. The predicted octanol–water partition coefficient (Wildman–Crippen LogP) is 4.22. The summed E-state index contributed by atoms with van der Waals surface area (Å²) < 4.78 is 19.6. The van der Waals surface area contributed by atoms with Gasteiger partial charge in [-0.05, 0) is 37.2 Å². The van der Waals surface area contributed by atoms with Gasteiger partial charge in [0.2, 0.25) is 0 Å². The Balaban J connectivity index is 2.25. The molecule has 0 heterocycles. The Morgan fingerprint density at radius 3 is 2.85 bits per heavy atom. The minimum absolute atomic E-state index is 0.289.